The monoisotopic (exact) mass is 175 g/mol. The molecule has 3 nitrogen and oxygen atoms in total. The molecule has 0 radical (unpaired) electrons. The molecule has 0 spiro atoms. The van der Waals surface area contributed by atoms with Gasteiger partial charge in [0.15, 0.2) is 0 Å². The van der Waals surface area contributed by atoms with E-state index >= 15 is 0 Å². The van der Waals surface area contributed by atoms with Crippen LogP contribution in [0.15, 0.2) is 18.2 Å². The molecule has 1 unspecified atom stereocenters. The highest BCUT2D eigenvalue weighted by atomic mass is 15.0. The Morgan fingerprint density at radius 2 is 2.23 bits per heavy atom. The van der Waals surface area contributed by atoms with Crippen molar-refractivity contribution in [2.24, 2.45) is 5.73 Å². The second-order valence-corrected chi connectivity index (χ2v) is 3.58. The van der Waals surface area contributed by atoms with Crippen molar-refractivity contribution in [1.82, 2.24) is 9.97 Å². The molecule has 0 aromatic carbocycles. The normalized spacial score (nSPS) is 25.8. The maximum Gasteiger partial charge on any atom is 0.103 e. The van der Waals surface area contributed by atoms with Gasteiger partial charge in [0.1, 0.15) is 5.82 Å². The molecule has 1 aromatic heterocycles. The Morgan fingerprint density at radius 1 is 1.46 bits per heavy atom. The number of aromatic nitrogens is 2. The van der Waals surface area contributed by atoms with Gasteiger partial charge in [-0.05, 0) is 19.9 Å². The molecule has 0 amide bonds. The van der Waals surface area contributed by atoms with Crippen LogP contribution in [0.4, 0.5) is 0 Å². The fourth-order valence-electron chi connectivity index (χ4n) is 1.53. The van der Waals surface area contributed by atoms with Crippen molar-refractivity contribution < 1.29 is 0 Å². The summed E-state index contributed by atoms with van der Waals surface area (Å²) < 4.78 is 0. The second kappa shape index (κ2) is 2.57. The number of aryl methyl sites for hydroxylation is 1. The van der Waals surface area contributed by atoms with E-state index in [1.165, 1.54) is 0 Å². The lowest BCUT2D eigenvalue weighted by Crippen LogP contribution is -2.31. The van der Waals surface area contributed by atoms with Crippen LogP contribution in [0.5, 0.6) is 0 Å². The highest BCUT2D eigenvalue weighted by Crippen LogP contribution is 2.24. The lowest BCUT2D eigenvalue weighted by molar-refractivity contribution is 0.609. The number of fused-ring (bicyclic) bond motifs is 1. The molecule has 13 heavy (non-hydrogen) atoms. The smallest absolute Gasteiger partial charge is 0.103 e. The van der Waals surface area contributed by atoms with Gasteiger partial charge in [-0.15, -0.1) is 0 Å². The lowest BCUT2D eigenvalue weighted by atomic mass is 9.98. The van der Waals surface area contributed by atoms with Gasteiger partial charge in [-0.3, -0.25) is 0 Å². The Morgan fingerprint density at radius 3 is 3.00 bits per heavy atom. The van der Waals surface area contributed by atoms with E-state index in [0.29, 0.717) is 0 Å². The van der Waals surface area contributed by atoms with Crippen molar-refractivity contribution in [3.63, 3.8) is 0 Å². The van der Waals surface area contributed by atoms with E-state index in [1.54, 1.807) is 0 Å². The summed E-state index contributed by atoms with van der Waals surface area (Å²) >= 11 is 0. The number of hydrogen-bond donors (Lipinski definition) is 2. The molecule has 0 bridgehead atoms. The van der Waals surface area contributed by atoms with Crippen LogP contribution in [0.2, 0.25) is 0 Å². The van der Waals surface area contributed by atoms with Gasteiger partial charge in [0.05, 0.1) is 16.9 Å². The Bertz CT molecular complexity index is 383. The van der Waals surface area contributed by atoms with Gasteiger partial charge in [0, 0.05) is 0 Å². The highest BCUT2D eigenvalue weighted by Gasteiger charge is 2.24. The predicted molar refractivity (Wildman–Crippen MR) is 53.0 cm³/mol. The SMILES string of the molecule is Cc1nc2c([nH]1)C(C)(N)C=CC=C2. The van der Waals surface area contributed by atoms with Crippen LogP contribution >= 0.6 is 0 Å². The molecule has 0 saturated carbocycles. The van der Waals surface area contributed by atoms with Crippen LogP contribution in [0.1, 0.15) is 24.1 Å². The third-order valence-corrected chi connectivity index (χ3v) is 2.20. The van der Waals surface area contributed by atoms with E-state index in [0.717, 1.165) is 17.2 Å². The van der Waals surface area contributed by atoms with Gasteiger partial charge < -0.3 is 10.7 Å². The number of H-pyrrole nitrogens is 1. The number of imidazole rings is 1. The Hall–Kier alpha value is -1.35. The number of aromatic amines is 1. The molecule has 2 rings (SSSR count). The van der Waals surface area contributed by atoms with Gasteiger partial charge in [-0.25, -0.2) is 4.98 Å². The summed E-state index contributed by atoms with van der Waals surface area (Å²) in [7, 11) is 0. The zero-order chi connectivity index (χ0) is 9.47. The van der Waals surface area contributed by atoms with Gasteiger partial charge in [-0.1, -0.05) is 18.2 Å². The van der Waals surface area contributed by atoms with Gasteiger partial charge >= 0.3 is 0 Å². The number of nitrogens with two attached hydrogens (primary N) is 1. The number of nitrogens with zero attached hydrogens (tertiary/aromatic N) is 1. The largest absolute Gasteiger partial charge is 0.344 e. The van der Waals surface area contributed by atoms with E-state index in [9.17, 15) is 0 Å². The third kappa shape index (κ3) is 1.31. The molecule has 1 aliphatic carbocycles. The van der Waals surface area contributed by atoms with E-state index in [2.05, 4.69) is 9.97 Å². The Kier molecular flexibility index (Phi) is 1.63. The first-order valence-electron chi connectivity index (χ1n) is 4.31. The molecule has 1 atom stereocenters. The van der Waals surface area contributed by atoms with E-state index in [4.69, 9.17) is 5.73 Å². The summed E-state index contributed by atoms with van der Waals surface area (Å²) in [6.07, 6.45) is 7.84. The van der Waals surface area contributed by atoms with Crippen molar-refractivity contribution in [1.29, 1.82) is 0 Å². The van der Waals surface area contributed by atoms with Gasteiger partial charge in [0.25, 0.3) is 0 Å². The van der Waals surface area contributed by atoms with Crippen LogP contribution in [0.3, 0.4) is 0 Å². The highest BCUT2D eigenvalue weighted by molar-refractivity contribution is 5.55. The quantitative estimate of drug-likeness (QED) is 0.627. The molecule has 68 valence electrons. The van der Waals surface area contributed by atoms with E-state index in [-0.39, 0.29) is 0 Å². The first-order valence-corrected chi connectivity index (χ1v) is 4.31. The van der Waals surface area contributed by atoms with Crippen LogP contribution < -0.4 is 5.73 Å². The Labute approximate surface area is 77.4 Å². The number of nitrogens with one attached hydrogen (secondary N) is 1. The maximum absolute atomic E-state index is 6.10. The average molecular weight is 175 g/mol. The maximum atomic E-state index is 6.10. The summed E-state index contributed by atoms with van der Waals surface area (Å²) in [6.45, 7) is 3.90. The average Bonchev–Trinajstić information content (AvgIpc) is 2.36. The summed E-state index contributed by atoms with van der Waals surface area (Å²) in [5.41, 5.74) is 7.58. The first-order chi connectivity index (χ1) is 6.09. The van der Waals surface area contributed by atoms with Crippen LogP contribution in [0.25, 0.3) is 6.08 Å². The Balaban J connectivity index is 2.63. The molecule has 3 N–H and O–H groups in total. The van der Waals surface area contributed by atoms with Crippen LogP contribution in [-0.2, 0) is 5.54 Å². The standard InChI is InChI=1S/C10H13N3/c1-7-12-8-5-3-4-6-10(2,11)9(8)13-7/h3-6H,11H2,1-2H3,(H,12,13). The fourth-order valence-corrected chi connectivity index (χ4v) is 1.53. The lowest BCUT2D eigenvalue weighted by Gasteiger charge is -2.18. The summed E-state index contributed by atoms with van der Waals surface area (Å²) in [5, 5.41) is 0. The molecule has 1 aromatic rings. The van der Waals surface area contributed by atoms with Crippen molar-refractivity contribution in [3.8, 4) is 0 Å². The van der Waals surface area contributed by atoms with Crippen LogP contribution in [-0.4, -0.2) is 9.97 Å². The van der Waals surface area contributed by atoms with E-state index in [1.807, 2.05) is 38.2 Å². The van der Waals surface area contributed by atoms with E-state index < -0.39 is 5.54 Å². The minimum Gasteiger partial charge on any atom is -0.344 e. The molecular formula is C10H13N3. The van der Waals surface area contributed by atoms with Crippen LogP contribution in [0, 0.1) is 6.92 Å². The summed E-state index contributed by atoms with van der Waals surface area (Å²) in [6, 6.07) is 0. The number of hydrogen-bond acceptors (Lipinski definition) is 2. The van der Waals surface area contributed by atoms with Crippen molar-refractivity contribution in [2.45, 2.75) is 19.4 Å². The molecular weight excluding hydrogens is 162 g/mol. The zero-order valence-electron chi connectivity index (χ0n) is 7.83. The molecule has 0 fully saturated rings. The summed E-state index contributed by atoms with van der Waals surface area (Å²) in [5.74, 6) is 0.904. The number of rotatable bonds is 0. The molecule has 1 heterocycles. The first kappa shape index (κ1) is 8.26. The fraction of sp³-hybridized carbons (Fsp3) is 0.300. The topological polar surface area (TPSA) is 54.7 Å². The summed E-state index contributed by atoms with van der Waals surface area (Å²) in [4.78, 5) is 7.53. The zero-order valence-corrected chi connectivity index (χ0v) is 7.83. The molecule has 3 heteroatoms. The molecule has 1 aliphatic rings. The molecule has 0 aliphatic heterocycles. The minimum atomic E-state index is -0.444. The van der Waals surface area contributed by atoms with Crippen molar-refractivity contribution in [3.05, 3.63) is 35.4 Å². The van der Waals surface area contributed by atoms with Gasteiger partial charge in [-0.2, -0.15) is 0 Å². The second-order valence-electron chi connectivity index (χ2n) is 3.58. The molecule has 0 saturated heterocycles. The van der Waals surface area contributed by atoms with Gasteiger partial charge in [0.2, 0.25) is 0 Å². The van der Waals surface area contributed by atoms with Crippen molar-refractivity contribution in [2.75, 3.05) is 0 Å². The minimum absolute atomic E-state index is 0.444. The van der Waals surface area contributed by atoms with Crippen molar-refractivity contribution >= 4 is 6.08 Å². The predicted octanol–water partition coefficient (Wildman–Crippen LogP) is 1.48. The third-order valence-electron chi connectivity index (χ3n) is 2.20. The number of allylic oxidation sites excluding steroid dienone is 2.